The smallest absolute Gasteiger partial charge is 0.411 e. The Bertz CT molecular complexity index is 2160. The molecule has 2 aromatic rings. The molecule has 1 saturated heterocycles. The Hall–Kier alpha value is -4.88. The number of allylic oxidation sites excluding steroid dienone is 1. The number of methoxy groups -OCH3 is 2. The second-order valence-electron chi connectivity index (χ2n) is 17.0. The Kier molecular flexibility index (Phi) is 12.1. The molecule has 3 N–H and O–H groups in total. The molecule has 4 amide bonds. The van der Waals surface area contributed by atoms with Gasteiger partial charge >= 0.3 is 12.3 Å². The van der Waals surface area contributed by atoms with E-state index < -0.39 is 99.1 Å². The zero-order valence-corrected chi connectivity index (χ0v) is 35.0. The van der Waals surface area contributed by atoms with E-state index in [1.807, 2.05) is 11.6 Å². The Morgan fingerprint density at radius 3 is 2.40 bits per heavy atom. The molecule has 2 saturated carbocycles. The van der Waals surface area contributed by atoms with Gasteiger partial charge in [0.15, 0.2) is 0 Å². The summed E-state index contributed by atoms with van der Waals surface area (Å²) in [5, 5.41) is 14.2. The number of fused-ring (bicyclic) bond motifs is 3. The van der Waals surface area contributed by atoms with Crippen LogP contribution in [0.3, 0.4) is 0 Å². The summed E-state index contributed by atoms with van der Waals surface area (Å²) in [7, 11) is -1.66. The van der Waals surface area contributed by atoms with Gasteiger partial charge in [0.05, 0.1) is 20.8 Å². The van der Waals surface area contributed by atoms with E-state index in [0.29, 0.717) is 43.2 Å². The Labute approximate surface area is 345 Å². The number of nitrogens with zero attached hydrogens (tertiary/aromatic N) is 3. The van der Waals surface area contributed by atoms with Crippen molar-refractivity contribution in [1.82, 2.24) is 24.8 Å². The van der Waals surface area contributed by atoms with E-state index in [1.54, 1.807) is 36.4 Å². The third kappa shape index (κ3) is 8.27. The molecule has 15 nitrogen and oxygen atoms in total. The molecule has 0 radical (unpaired) electrons. The zero-order valence-electron chi connectivity index (χ0n) is 34.2. The van der Waals surface area contributed by atoms with Crippen LogP contribution in [0.4, 0.5) is 22.4 Å². The maximum absolute atomic E-state index is 15.0. The molecule has 1 aromatic carbocycles. The fraction of sp³-hybridized carbons (Fsp3) is 0.625. The van der Waals surface area contributed by atoms with Gasteiger partial charge in [-0.25, -0.2) is 17.6 Å². The summed E-state index contributed by atoms with van der Waals surface area (Å²) in [6.45, 7) is 2.99. The Morgan fingerprint density at radius 1 is 1.10 bits per heavy atom. The molecule has 3 fully saturated rings. The molecule has 0 spiro atoms. The van der Waals surface area contributed by atoms with Gasteiger partial charge < -0.3 is 29.5 Å². The van der Waals surface area contributed by atoms with E-state index >= 15 is 4.79 Å². The van der Waals surface area contributed by atoms with E-state index in [4.69, 9.17) is 14.2 Å². The maximum atomic E-state index is 15.0. The molecule has 60 heavy (non-hydrogen) atoms. The lowest BCUT2D eigenvalue weighted by Gasteiger charge is -2.45. The van der Waals surface area contributed by atoms with Crippen molar-refractivity contribution in [2.24, 2.45) is 17.8 Å². The summed E-state index contributed by atoms with van der Waals surface area (Å²) >= 11 is 0. The predicted molar refractivity (Wildman–Crippen MR) is 208 cm³/mol. The summed E-state index contributed by atoms with van der Waals surface area (Å²) < 4.78 is 102. The largest absolute Gasteiger partial charge is 0.497 e. The third-order valence-corrected chi connectivity index (χ3v) is 14.6. The minimum Gasteiger partial charge on any atom is -0.497 e. The molecule has 2 aliphatic heterocycles. The highest BCUT2D eigenvalue weighted by atomic mass is 32.2. The number of nitrogens with one attached hydrogen (secondary N) is 2. The van der Waals surface area contributed by atoms with E-state index in [9.17, 15) is 45.5 Å². The molecule has 7 atom stereocenters. The van der Waals surface area contributed by atoms with E-state index in [0.717, 1.165) is 4.90 Å². The average molecular weight is 870 g/mol. The monoisotopic (exact) mass is 869 g/mol. The number of hydrogen-bond donors (Lipinski definition) is 3. The molecule has 4 aliphatic rings. The van der Waals surface area contributed by atoms with Gasteiger partial charge in [0.25, 0.3) is 5.91 Å². The number of carboxylic acid groups (broad SMARTS) is 1. The number of amides is 4. The minimum atomic E-state index is -5.13. The minimum absolute atomic E-state index is 0.00338. The predicted octanol–water partition coefficient (Wildman–Crippen LogP) is 5.13. The van der Waals surface area contributed by atoms with Crippen molar-refractivity contribution >= 4 is 44.6 Å². The highest BCUT2D eigenvalue weighted by Gasteiger charge is 2.64. The fourth-order valence-corrected chi connectivity index (χ4v) is 9.82. The molecule has 330 valence electrons. The lowest BCUT2D eigenvalue weighted by molar-refractivity contribution is -0.222. The first-order valence-corrected chi connectivity index (χ1v) is 21.2. The Morgan fingerprint density at radius 2 is 1.80 bits per heavy atom. The van der Waals surface area contributed by atoms with Crippen molar-refractivity contribution in [2.45, 2.75) is 113 Å². The van der Waals surface area contributed by atoms with Crippen LogP contribution in [-0.2, 0) is 24.4 Å². The first-order valence-electron chi connectivity index (χ1n) is 19.7. The Balaban J connectivity index is 1.44. The van der Waals surface area contributed by atoms with Gasteiger partial charge in [-0.3, -0.25) is 24.0 Å². The number of carbonyl (C=O) groups excluding carboxylic acids is 3. The lowest BCUT2D eigenvalue weighted by Crippen LogP contribution is -2.66. The molecular weight excluding hydrogens is 819 g/mol. The first-order chi connectivity index (χ1) is 28.0. The number of rotatable bonds is 10. The highest BCUT2D eigenvalue weighted by Crippen LogP contribution is 2.48. The van der Waals surface area contributed by atoms with E-state index in [1.165, 1.54) is 21.1 Å². The van der Waals surface area contributed by atoms with Crippen LogP contribution in [0.25, 0.3) is 10.8 Å². The van der Waals surface area contributed by atoms with Gasteiger partial charge in [-0.1, -0.05) is 26.0 Å². The van der Waals surface area contributed by atoms with E-state index in [2.05, 4.69) is 10.3 Å². The van der Waals surface area contributed by atoms with Gasteiger partial charge in [0, 0.05) is 23.8 Å². The number of aromatic nitrogens is 1. The number of carbonyl (C=O) groups is 4. The van der Waals surface area contributed by atoms with Crippen LogP contribution in [0.1, 0.15) is 72.6 Å². The van der Waals surface area contributed by atoms with E-state index in [-0.39, 0.29) is 54.7 Å². The van der Waals surface area contributed by atoms with Crippen molar-refractivity contribution in [3.8, 4) is 17.5 Å². The van der Waals surface area contributed by atoms with Crippen LogP contribution in [0, 0.1) is 17.8 Å². The molecule has 3 heterocycles. The molecule has 2 aliphatic carbocycles. The number of hydrogen-bond acceptors (Lipinski definition) is 10. The van der Waals surface area contributed by atoms with Crippen LogP contribution in [0.15, 0.2) is 36.4 Å². The summed E-state index contributed by atoms with van der Waals surface area (Å²) in [6.07, 6.45) is -4.17. The van der Waals surface area contributed by atoms with Gasteiger partial charge in [-0.15, -0.1) is 0 Å². The molecule has 0 unspecified atom stereocenters. The summed E-state index contributed by atoms with van der Waals surface area (Å²) in [6, 6.07) is 3.12. The molecule has 0 bridgehead atoms. The first kappa shape index (κ1) is 44.7. The number of pyridine rings is 1. The van der Waals surface area contributed by atoms with Crippen molar-refractivity contribution < 1.29 is 64.5 Å². The van der Waals surface area contributed by atoms with Gasteiger partial charge in [-0.05, 0) is 87.8 Å². The van der Waals surface area contributed by atoms with Crippen molar-refractivity contribution in [1.29, 1.82) is 0 Å². The lowest BCUT2D eigenvalue weighted by atomic mass is 9.85. The van der Waals surface area contributed by atoms with Gasteiger partial charge in [0.1, 0.15) is 46.4 Å². The number of benzene rings is 1. The van der Waals surface area contributed by atoms with Crippen molar-refractivity contribution in [3.05, 3.63) is 36.4 Å². The molecule has 20 heteroatoms. The van der Waals surface area contributed by atoms with Crippen LogP contribution in [0.2, 0.25) is 0 Å². The van der Waals surface area contributed by atoms with Crippen LogP contribution in [0.5, 0.6) is 17.5 Å². The zero-order chi connectivity index (χ0) is 44.2. The summed E-state index contributed by atoms with van der Waals surface area (Å²) in [5.74, 6) is -4.46. The molecule has 6 rings (SSSR count). The van der Waals surface area contributed by atoms with Gasteiger partial charge in [0.2, 0.25) is 33.6 Å². The second-order valence-corrected chi connectivity index (χ2v) is 19.1. The SMILES string of the molecule is COc1ccc2c(O[C@@H]3C[C@H]4C(=O)N[C@]5(C(=O)NS(=O)(=O)C6(CF)CC6)C[C@H]5C=CCC[C@@H](C)C[C@@H](C)[C@H](N(C(=O)O)C(C)(C)C(F)(F)F)C(=O)N4C3)nc(OC)cc2c1. The maximum Gasteiger partial charge on any atom is 0.411 e. The second kappa shape index (κ2) is 16.2. The average Bonchev–Trinajstić information content (AvgIpc) is 4.08. The van der Waals surface area contributed by atoms with Crippen LogP contribution < -0.4 is 24.2 Å². The highest BCUT2D eigenvalue weighted by molar-refractivity contribution is 7.91. The number of sulfonamides is 1. The number of halogens is 4. The fourth-order valence-electron chi connectivity index (χ4n) is 8.40. The normalized spacial score (nSPS) is 28.3. The standard InChI is InChI=1S/C40H51F4N5O10S/c1-22-9-7-8-10-25-19-39(25,35(52)47-60(55,56)38(21-41)13-14-38)46-32(50)29-18-27(59-33-28-12-11-26(57-5)16-24(28)17-30(45-33)58-6)20-48(29)34(51)31(23(2)15-22)49(36(53)54)37(3,4)40(42,43)44/h8,10-12,16-17,22-23,25,27,29,31H,7,9,13-15,18-21H2,1-6H3,(H,46,50)(H,47,52)(H,53,54)/t22-,23-,25-,27-,29+,31+,39-/m1/s1. The number of alkyl halides is 4. The van der Waals surface area contributed by atoms with Crippen LogP contribution >= 0.6 is 0 Å². The quantitative estimate of drug-likeness (QED) is 0.212. The molecule has 1 aromatic heterocycles. The van der Waals surface area contributed by atoms with Crippen molar-refractivity contribution in [2.75, 3.05) is 27.4 Å². The summed E-state index contributed by atoms with van der Waals surface area (Å²) in [4.78, 5) is 62.0. The topological polar surface area (TPSA) is 194 Å². The van der Waals surface area contributed by atoms with Crippen molar-refractivity contribution in [3.63, 3.8) is 0 Å². The number of ether oxygens (including phenoxy) is 3. The van der Waals surface area contributed by atoms with Gasteiger partial charge in [-0.2, -0.15) is 18.2 Å². The molecular formula is C40H51F4N5O10S. The van der Waals surface area contributed by atoms with Crippen LogP contribution in [-0.4, -0.2) is 120 Å². The third-order valence-electron chi connectivity index (χ3n) is 12.5. The summed E-state index contributed by atoms with van der Waals surface area (Å²) in [5.41, 5.74) is -4.93.